The number of benzene rings is 7. The average molecular weight is 717 g/mol. The van der Waals surface area contributed by atoms with Crippen LogP contribution in [-0.2, 0) is 0 Å². The number of nitrogens with zero attached hydrogens (tertiary/aromatic N) is 4. The van der Waals surface area contributed by atoms with Crippen molar-refractivity contribution in [3.8, 4) is 33.4 Å². The molecule has 0 atom stereocenters. The van der Waals surface area contributed by atoms with Gasteiger partial charge < -0.3 is 9.32 Å². The van der Waals surface area contributed by atoms with Gasteiger partial charge in [-0.05, 0) is 111 Å². The van der Waals surface area contributed by atoms with Gasteiger partial charge in [-0.2, -0.15) is 0 Å². The molecule has 0 aliphatic rings. The molecule has 262 valence electrons. The lowest BCUT2D eigenvalue weighted by Crippen LogP contribution is -2.09. The maximum absolute atomic E-state index is 6.30. The molecule has 56 heavy (non-hydrogen) atoms. The van der Waals surface area contributed by atoms with Crippen LogP contribution in [0.25, 0.3) is 87.9 Å². The van der Waals surface area contributed by atoms with Crippen LogP contribution in [0, 0.1) is 0 Å². The molecule has 5 heteroatoms. The second-order valence-corrected chi connectivity index (χ2v) is 14.1. The lowest BCUT2D eigenvalue weighted by Gasteiger charge is -2.26. The van der Waals surface area contributed by atoms with E-state index in [1.54, 1.807) is 0 Å². The van der Waals surface area contributed by atoms with E-state index in [1.165, 1.54) is 10.8 Å². The van der Waals surface area contributed by atoms with Crippen molar-refractivity contribution in [3.05, 3.63) is 195 Å². The van der Waals surface area contributed by atoms with E-state index < -0.39 is 0 Å². The van der Waals surface area contributed by atoms with Crippen molar-refractivity contribution in [2.24, 2.45) is 0 Å². The van der Waals surface area contributed by atoms with Gasteiger partial charge >= 0.3 is 0 Å². The lowest BCUT2D eigenvalue weighted by atomic mass is 9.96. The number of hydrogen-bond acceptors (Lipinski definition) is 5. The van der Waals surface area contributed by atoms with Crippen LogP contribution in [0.4, 0.5) is 17.1 Å². The summed E-state index contributed by atoms with van der Waals surface area (Å²) in [7, 11) is 0. The molecular formula is C51H32N4O. The first-order chi connectivity index (χ1) is 27.7. The van der Waals surface area contributed by atoms with Crippen molar-refractivity contribution in [1.82, 2.24) is 15.0 Å². The first-order valence-electron chi connectivity index (χ1n) is 18.7. The molecule has 0 aliphatic carbocycles. The molecule has 0 saturated heterocycles. The molecule has 0 aliphatic heterocycles. The van der Waals surface area contributed by atoms with Gasteiger partial charge in [0.15, 0.2) is 0 Å². The van der Waals surface area contributed by atoms with Gasteiger partial charge in [-0.15, -0.1) is 0 Å². The number of furan rings is 1. The molecule has 0 spiro atoms. The van der Waals surface area contributed by atoms with Crippen molar-refractivity contribution in [2.45, 2.75) is 0 Å². The number of fused-ring (bicyclic) bond motifs is 6. The zero-order chi connectivity index (χ0) is 37.0. The van der Waals surface area contributed by atoms with Gasteiger partial charge in [0.2, 0.25) is 5.71 Å². The van der Waals surface area contributed by atoms with Crippen molar-refractivity contribution < 1.29 is 4.42 Å². The van der Waals surface area contributed by atoms with E-state index >= 15 is 0 Å². The van der Waals surface area contributed by atoms with Gasteiger partial charge in [-0.1, -0.05) is 97.1 Å². The molecule has 11 aromatic rings. The van der Waals surface area contributed by atoms with Crippen molar-refractivity contribution in [3.63, 3.8) is 0 Å². The van der Waals surface area contributed by atoms with Gasteiger partial charge in [0.25, 0.3) is 0 Å². The van der Waals surface area contributed by atoms with E-state index in [2.05, 4.69) is 154 Å². The van der Waals surface area contributed by atoms with Gasteiger partial charge in [-0.25, -0.2) is 4.98 Å². The van der Waals surface area contributed by atoms with Crippen LogP contribution in [0.15, 0.2) is 199 Å². The molecule has 4 aromatic heterocycles. The van der Waals surface area contributed by atoms with E-state index in [1.807, 2.05) is 55.1 Å². The van der Waals surface area contributed by atoms with Crippen LogP contribution in [0.2, 0.25) is 0 Å². The highest BCUT2D eigenvalue weighted by atomic mass is 16.3. The summed E-state index contributed by atoms with van der Waals surface area (Å²) < 4.78 is 6.30. The normalized spacial score (nSPS) is 11.6. The molecule has 4 heterocycles. The fraction of sp³-hybridized carbons (Fsp3) is 0. The Morgan fingerprint density at radius 2 is 0.911 bits per heavy atom. The first-order valence-corrected chi connectivity index (χ1v) is 18.7. The Bertz CT molecular complexity index is 3120. The largest absolute Gasteiger partial charge is 0.438 e. The summed E-state index contributed by atoms with van der Waals surface area (Å²) >= 11 is 0. The van der Waals surface area contributed by atoms with E-state index in [-0.39, 0.29) is 0 Å². The van der Waals surface area contributed by atoms with Gasteiger partial charge in [-0.3, -0.25) is 9.97 Å². The highest BCUT2D eigenvalue weighted by Crippen LogP contribution is 2.42. The minimum atomic E-state index is 0.649. The summed E-state index contributed by atoms with van der Waals surface area (Å²) in [6, 6.07) is 60.2. The fourth-order valence-corrected chi connectivity index (χ4v) is 8.04. The number of rotatable bonds is 6. The lowest BCUT2D eigenvalue weighted by molar-refractivity contribution is 0.656. The number of hydrogen-bond donors (Lipinski definition) is 0. The van der Waals surface area contributed by atoms with Crippen LogP contribution < -0.4 is 4.90 Å². The maximum Gasteiger partial charge on any atom is 0.228 e. The molecule has 0 unspecified atom stereocenters. The second kappa shape index (κ2) is 13.0. The predicted molar refractivity (Wildman–Crippen MR) is 231 cm³/mol. The highest BCUT2D eigenvalue weighted by Gasteiger charge is 2.19. The molecule has 0 N–H and O–H groups in total. The number of pyridine rings is 3. The maximum atomic E-state index is 6.30. The smallest absolute Gasteiger partial charge is 0.228 e. The molecule has 0 saturated carbocycles. The van der Waals surface area contributed by atoms with Crippen molar-refractivity contribution in [1.29, 1.82) is 0 Å². The monoisotopic (exact) mass is 716 g/mol. The number of aromatic nitrogens is 3. The minimum absolute atomic E-state index is 0.649. The molecule has 5 nitrogen and oxygen atoms in total. The number of anilines is 3. The molecule has 0 fully saturated rings. The van der Waals surface area contributed by atoms with Crippen molar-refractivity contribution in [2.75, 3.05) is 4.90 Å². The SMILES string of the molecule is c1ccc2c(-c3ccc(N(c4ccc(-c5ccc6ccncc6c5)cc4)c4ccc(-c5ccc6ccncc6c5)cc4)cc3)c3c(nc2c1)oc1ccccc13. The predicted octanol–water partition coefficient (Wildman–Crippen LogP) is 13.7. The first kappa shape index (κ1) is 31.9. The fourth-order valence-electron chi connectivity index (χ4n) is 8.04. The topological polar surface area (TPSA) is 55.1 Å². The molecule has 0 bridgehead atoms. The average Bonchev–Trinajstić information content (AvgIpc) is 3.64. The van der Waals surface area contributed by atoms with Gasteiger partial charge in [0.05, 0.1) is 10.9 Å². The Hall–Kier alpha value is -7.63. The Morgan fingerprint density at radius 3 is 1.50 bits per heavy atom. The Balaban J connectivity index is 1.02. The minimum Gasteiger partial charge on any atom is -0.438 e. The zero-order valence-electron chi connectivity index (χ0n) is 30.2. The van der Waals surface area contributed by atoms with Crippen LogP contribution in [0.1, 0.15) is 0 Å². The summed E-state index contributed by atoms with van der Waals surface area (Å²) in [4.78, 5) is 15.9. The Morgan fingerprint density at radius 1 is 0.411 bits per heavy atom. The third-order valence-electron chi connectivity index (χ3n) is 10.8. The summed E-state index contributed by atoms with van der Waals surface area (Å²) in [6.45, 7) is 0. The van der Waals surface area contributed by atoms with Crippen LogP contribution in [0.5, 0.6) is 0 Å². The molecule has 0 amide bonds. The summed E-state index contributed by atoms with van der Waals surface area (Å²) in [6.07, 6.45) is 7.52. The molecule has 0 radical (unpaired) electrons. The van der Waals surface area contributed by atoms with Crippen LogP contribution >= 0.6 is 0 Å². The summed E-state index contributed by atoms with van der Waals surface area (Å²) in [5.74, 6) is 0. The Labute approximate surface area is 322 Å². The summed E-state index contributed by atoms with van der Waals surface area (Å²) in [5.41, 5.74) is 12.4. The van der Waals surface area contributed by atoms with Gasteiger partial charge in [0, 0.05) is 69.0 Å². The quantitative estimate of drug-likeness (QED) is 0.171. The van der Waals surface area contributed by atoms with Crippen LogP contribution in [0.3, 0.4) is 0 Å². The highest BCUT2D eigenvalue weighted by molar-refractivity contribution is 6.18. The van der Waals surface area contributed by atoms with E-state index in [9.17, 15) is 0 Å². The third kappa shape index (κ3) is 5.45. The zero-order valence-corrected chi connectivity index (χ0v) is 30.2. The third-order valence-corrected chi connectivity index (χ3v) is 10.8. The Kier molecular flexibility index (Phi) is 7.42. The number of para-hydroxylation sites is 2. The van der Waals surface area contributed by atoms with Crippen molar-refractivity contribution >= 4 is 71.6 Å². The van der Waals surface area contributed by atoms with Crippen LogP contribution in [-0.4, -0.2) is 15.0 Å². The van der Waals surface area contributed by atoms with Gasteiger partial charge in [0.1, 0.15) is 5.58 Å². The standard InChI is InChI=1S/C51H32N4O/c1-3-7-47-45(5-1)49(50-46-6-2-4-8-48(46)56-51(50)54-47)37-17-23-44(24-18-37)55(42-19-13-33(14-20-42)38-11-9-35-25-27-52-31-40(35)29-38)43-21-15-34(16-22-43)39-12-10-36-26-28-53-32-41(36)30-39/h1-32H. The van der Waals surface area contributed by atoms with E-state index in [0.717, 1.165) is 88.5 Å². The molecular weight excluding hydrogens is 685 g/mol. The van der Waals surface area contributed by atoms with E-state index in [4.69, 9.17) is 9.40 Å². The van der Waals surface area contributed by atoms with E-state index in [0.29, 0.717) is 5.71 Å². The summed E-state index contributed by atoms with van der Waals surface area (Å²) in [5, 5.41) is 7.80. The molecule has 11 rings (SSSR count). The second-order valence-electron chi connectivity index (χ2n) is 14.1. The molecule has 7 aromatic carbocycles.